The Morgan fingerprint density at radius 2 is 1.44 bits per heavy atom. The van der Waals surface area contributed by atoms with Gasteiger partial charge in [-0.15, -0.1) is 22.7 Å². The summed E-state index contributed by atoms with van der Waals surface area (Å²) in [5, 5.41) is 14.4. The van der Waals surface area contributed by atoms with Gasteiger partial charge in [0.15, 0.2) is 0 Å². The number of nitrogens with zero attached hydrogens (tertiary/aromatic N) is 2. The fourth-order valence-corrected chi connectivity index (χ4v) is 12.3. The zero-order valence-corrected chi connectivity index (χ0v) is 32.2. The summed E-state index contributed by atoms with van der Waals surface area (Å²) < 4.78 is 2.11. The Morgan fingerprint density at radius 1 is 0.860 bits per heavy atom. The minimum Gasteiger partial charge on any atom is -0.477 e. The van der Waals surface area contributed by atoms with Gasteiger partial charge in [-0.25, -0.2) is 14.8 Å². The number of aryl methyl sites for hydroxylation is 1. The standard InChI is InChI=1S/C20H27N3OS.C10H19N.C9H8N2O2S/c1-9-13-7-12(20(13,3)4)8-14(9)21-18(24)15-10(2)16-17(22-15)23-19(25-16)11-5-6-11;1-6-8-4-7(5-9(6)11)10(8,2)3;12-9(13)5-3-6-7(10-5)11-8(14-6)4-1-2-4/h9,11-14,22H,5-8H2,1-4H3,(H,21,24);6-9H,4-5,11H2,1-3H3;3-4,10H,1-2H2,(H,12,13)/t9-,12+,13-,14-;6-,7+,8-,9-;/m00./s1. The van der Waals surface area contributed by atoms with Crippen molar-refractivity contribution in [2.24, 2.45) is 52.1 Å². The number of hydrogen-bond acceptors (Lipinski definition) is 7. The molecular formula is C39H54N6O3S2. The van der Waals surface area contributed by atoms with Crippen LogP contribution in [0.4, 0.5) is 0 Å². The maximum absolute atomic E-state index is 12.9. The van der Waals surface area contributed by atoms with Gasteiger partial charge in [-0.3, -0.25) is 4.79 Å². The number of H-pyrrole nitrogens is 2. The highest BCUT2D eigenvalue weighted by Gasteiger charge is 2.57. The van der Waals surface area contributed by atoms with E-state index in [0.717, 1.165) is 61.6 Å². The first kappa shape index (κ1) is 34.3. The van der Waals surface area contributed by atoms with Gasteiger partial charge in [0.25, 0.3) is 5.91 Å². The van der Waals surface area contributed by atoms with E-state index in [1.807, 2.05) is 6.92 Å². The fourth-order valence-electron chi connectivity index (χ4n) is 9.96. The van der Waals surface area contributed by atoms with Crippen LogP contribution in [0.2, 0.25) is 0 Å². The zero-order chi connectivity index (χ0) is 35.4. The van der Waals surface area contributed by atoms with E-state index >= 15 is 0 Å². The number of hydrogen-bond donors (Lipinski definition) is 5. The Labute approximate surface area is 303 Å². The fraction of sp³-hybridized carbons (Fsp3) is 0.692. The molecule has 8 fully saturated rings. The Kier molecular flexibility index (Phi) is 8.35. The van der Waals surface area contributed by atoms with Gasteiger partial charge in [0.2, 0.25) is 0 Å². The molecule has 4 heterocycles. The van der Waals surface area contributed by atoms with Crippen LogP contribution in [-0.4, -0.2) is 49.0 Å². The summed E-state index contributed by atoms with van der Waals surface area (Å²) in [4.78, 5) is 38.7. The van der Waals surface area contributed by atoms with Crippen LogP contribution < -0.4 is 11.1 Å². The first-order valence-corrected chi connectivity index (χ1v) is 20.5. The molecule has 0 radical (unpaired) electrons. The lowest BCUT2D eigenvalue weighted by Gasteiger charge is -2.62. The van der Waals surface area contributed by atoms with E-state index in [-0.39, 0.29) is 11.6 Å². The third-order valence-corrected chi connectivity index (χ3v) is 16.7. The number of carboxylic acid groups (broad SMARTS) is 1. The summed E-state index contributed by atoms with van der Waals surface area (Å²) in [6.07, 6.45) is 10.2. The maximum atomic E-state index is 12.9. The molecule has 0 spiro atoms. The predicted octanol–water partition coefficient (Wildman–Crippen LogP) is 8.83. The van der Waals surface area contributed by atoms with Crippen LogP contribution in [-0.2, 0) is 0 Å². The molecule has 4 aromatic rings. The smallest absolute Gasteiger partial charge is 0.352 e. The minimum absolute atomic E-state index is 0.0478. The molecule has 8 atom stereocenters. The molecule has 0 unspecified atom stereocenters. The second-order valence-corrected chi connectivity index (χ2v) is 19.9. The van der Waals surface area contributed by atoms with Gasteiger partial charge in [-0.05, 0) is 116 Å². The highest BCUT2D eigenvalue weighted by atomic mass is 32.1. The number of aromatic amines is 2. The van der Waals surface area contributed by atoms with Crippen LogP contribution in [0.25, 0.3) is 20.7 Å². The van der Waals surface area contributed by atoms with Crippen molar-refractivity contribution in [3.05, 3.63) is 33.0 Å². The molecule has 0 aromatic carbocycles. The third-order valence-electron chi connectivity index (χ3n) is 14.2. The number of carbonyl (C=O) groups is 2. The van der Waals surface area contributed by atoms with Crippen LogP contribution in [0.5, 0.6) is 0 Å². The molecule has 8 saturated carbocycles. The average Bonchev–Trinajstić information content (AvgIpc) is 3.95. The normalized spacial score (nSPS) is 33.0. The van der Waals surface area contributed by atoms with Crippen LogP contribution >= 0.6 is 22.7 Å². The SMILES string of the molecule is C[C@@H]1[C@@H](N)C[C@H]2C[C@@H]1C2(C)C.Cc1c(C(=O)N[C@H]2C[C@H]3C[C@@H]([C@@H]2C)C3(C)C)[nH]c2nc(C3CC3)sc12.O=C(O)c1cc2sc(C3CC3)nc2[nH]1. The van der Waals surface area contributed by atoms with Gasteiger partial charge in [-0.1, -0.05) is 41.5 Å². The largest absolute Gasteiger partial charge is 0.477 e. The highest BCUT2D eigenvalue weighted by Crippen LogP contribution is 2.62. The summed E-state index contributed by atoms with van der Waals surface area (Å²) in [6.45, 7) is 16.3. The second kappa shape index (κ2) is 12.2. The summed E-state index contributed by atoms with van der Waals surface area (Å²) in [5.74, 6) is 5.08. The Bertz CT molecular complexity index is 1910. The number of carbonyl (C=O) groups excluding carboxylic acids is 1. The molecule has 9 nitrogen and oxygen atoms in total. The lowest BCUT2D eigenvalue weighted by atomic mass is 9.45. The van der Waals surface area contributed by atoms with Gasteiger partial charge >= 0.3 is 5.97 Å². The number of fused-ring (bicyclic) bond motifs is 6. The lowest BCUT2D eigenvalue weighted by molar-refractivity contribution is -0.113. The van der Waals surface area contributed by atoms with E-state index < -0.39 is 5.97 Å². The Morgan fingerprint density at radius 3 is 1.94 bits per heavy atom. The van der Waals surface area contributed by atoms with Crippen molar-refractivity contribution in [2.75, 3.05) is 0 Å². The van der Waals surface area contributed by atoms with E-state index in [1.54, 1.807) is 28.7 Å². The number of aromatic carboxylic acids is 1. The summed E-state index contributed by atoms with van der Waals surface area (Å²) >= 11 is 3.36. The quantitative estimate of drug-likeness (QED) is 0.139. The molecule has 50 heavy (non-hydrogen) atoms. The van der Waals surface area contributed by atoms with E-state index in [4.69, 9.17) is 15.8 Å². The van der Waals surface area contributed by atoms with Crippen LogP contribution in [0.15, 0.2) is 6.07 Å². The van der Waals surface area contributed by atoms with Crippen LogP contribution in [0.1, 0.15) is 141 Å². The molecule has 1 amide bonds. The van der Waals surface area contributed by atoms with Crippen molar-refractivity contribution in [1.29, 1.82) is 0 Å². The van der Waals surface area contributed by atoms with E-state index in [2.05, 4.69) is 61.8 Å². The number of nitrogens with two attached hydrogens (primary N) is 1. The second-order valence-electron chi connectivity index (χ2n) is 17.8. The van der Waals surface area contributed by atoms with E-state index in [0.29, 0.717) is 52.0 Å². The monoisotopic (exact) mass is 718 g/mol. The minimum atomic E-state index is -0.928. The zero-order valence-electron chi connectivity index (χ0n) is 30.6. The molecule has 11 heteroatoms. The molecule has 4 aromatic heterocycles. The molecular weight excluding hydrogens is 665 g/mol. The molecule has 270 valence electrons. The molecule has 8 aliphatic carbocycles. The van der Waals surface area contributed by atoms with Crippen molar-refractivity contribution in [2.45, 2.75) is 124 Å². The van der Waals surface area contributed by atoms with Crippen molar-refractivity contribution >= 4 is 55.2 Å². The number of carboxylic acids is 1. The lowest BCUT2D eigenvalue weighted by Crippen LogP contribution is -2.60. The first-order valence-electron chi connectivity index (χ1n) is 18.9. The van der Waals surface area contributed by atoms with Crippen molar-refractivity contribution in [3.8, 4) is 0 Å². The molecule has 4 bridgehead atoms. The van der Waals surface area contributed by atoms with Crippen molar-refractivity contribution in [3.63, 3.8) is 0 Å². The van der Waals surface area contributed by atoms with Gasteiger partial charge < -0.3 is 26.1 Å². The number of thiazole rings is 2. The molecule has 8 aliphatic rings. The van der Waals surface area contributed by atoms with Gasteiger partial charge in [-0.2, -0.15) is 0 Å². The number of amides is 1. The van der Waals surface area contributed by atoms with E-state index in [1.165, 1.54) is 50.0 Å². The Hall–Kier alpha value is -2.76. The number of aromatic nitrogens is 4. The summed E-state index contributed by atoms with van der Waals surface area (Å²) in [5.41, 5.74) is 10.7. The summed E-state index contributed by atoms with van der Waals surface area (Å²) in [6, 6.07) is 2.45. The van der Waals surface area contributed by atoms with Gasteiger partial charge in [0, 0.05) is 23.9 Å². The number of rotatable bonds is 5. The molecule has 0 saturated heterocycles. The van der Waals surface area contributed by atoms with E-state index in [9.17, 15) is 9.59 Å². The molecule has 0 aliphatic heterocycles. The molecule has 6 N–H and O–H groups in total. The molecule has 12 rings (SSSR count). The van der Waals surface area contributed by atoms with Gasteiger partial charge in [0.05, 0.1) is 19.4 Å². The van der Waals surface area contributed by atoms with Crippen molar-refractivity contribution < 1.29 is 14.7 Å². The predicted molar refractivity (Wildman–Crippen MR) is 201 cm³/mol. The van der Waals surface area contributed by atoms with Gasteiger partial charge in [0.1, 0.15) is 22.7 Å². The summed E-state index contributed by atoms with van der Waals surface area (Å²) in [7, 11) is 0. The van der Waals surface area contributed by atoms with Crippen LogP contribution in [0, 0.1) is 53.3 Å². The Balaban J connectivity index is 0.000000121. The number of nitrogens with one attached hydrogen (secondary N) is 3. The van der Waals surface area contributed by atoms with Crippen molar-refractivity contribution in [1.82, 2.24) is 25.3 Å². The first-order chi connectivity index (χ1) is 23.6. The van der Waals surface area contributed by atoms with Crippen LogP contribution in [0.3, 0.4) is 0 Å². The topological polar surface area (TPSA) is 150 Å². The highest BCUT2D eigenvalue weighted by molar-refractivity contribution is 7.19. The average molecular weight is 719 g/mol. The maximum Gasteiger partial charge on any atom is 0.352 e. The third kappa shape index (κ3) is 5.83.